The zero-order valence-electron chi connectivity index (χ0n) is 13.0. The molecule has 1 atom stereocenters. The van der Waals surface area contributed by atoms with Gasteiger partial charge in [-0.05, 0) is 43.7 Å². The summed E-state index contributed by atoms with van der Waals surface area (Å²) < 4.78 is 5.61. The van der Waals surface area contributed by atoms with Gasteiger partial charge in [0, 0.05) is 12.5 Å². The van der Waals surface area contributed by atoms with E-state index in [1.54, 1.807) is 0 Å². The van der Waals surface area contributed by atoms with Crippen LogP contribution in [-0.2, 0) is 13.2 Å². The van der Waals surface area contributed by atoms with Crippen molar-refractivity contribution in [2.24, 2.45) is 0 Å². The highest BCUT2D eigenvalue weighted by Gasteiger charge is 2.24. The molecule has 0 radical (unpaired) electrons. The summed E-state index contributed by atoms with van der Waals surface area (Å²) in [5, 5.41) is 9.10. The Hall–Kier alpha value is -2.11. The summed E-state index contributed by atoms with van der Waals surface area (Å²) in [5.41, 5.74) is 2.15. The zero-order chi connectivity index (χ0) is 15.6. The Balaban J connectivity index is 1.47. The van der Waals surface area contributed by atoms with Gasteiger partial charge in [-0.3, -0.25) is 4.90 Å². The van der Waals surface area contributed by atoms with Crippen molar-refractivity contribution in [2.75, 3.05) is 13.1 Å². The predicted molar refractivity (Wildman–Crippen MR) is 88.0 cm³/mol. The van der Waals surface area contributed by atoms with Crippen molar-refractivity contribution in [1.82, 2.24) is 14.9 Å². The second-order valence-corrected chi connectivity index (χ2v) is 6.24. The first kappa shape index (κ1) is 14.5. The summed E-state index contributed by atoms with van der Waals surface area (Å²) in [4.78, 5) is 10.6. The Bertz CT molecular complexity index is 759. The fourth-order valence-electron chi connectivity index (χ4n) is 3.40. The van der Waals surface area contributed by atoms with E-state index in [0.717, 1.165) is 55.1 Å². The largest absolute Gasteiger partial charge is 0.462 e. The van der Waals surface area contributed by atoms with Crippen LogP contribution in [0.2, 0.25) is 0 Å². The van der Waals surface area contributed by atoms with E-state index >= 15 is 0 Å². The molecule has 0 spiro atoms. The molecular weight excluding hydrogens is 290 g/mol. The number of fused-ring (bicyclic) bond motifs is 1. The molecular formula is C18H21N3O2. The molecule has 3 heterocycles. The molecule has 0 unspecified atom stereocenters. The van der Waals surface area contributed by atoms with Gasteiger partial charge in [0.15, 0.2) is 0 Å². The summed E-state index contributed by atoms with van der Waals surface area (Å²) in [6, 6.07) is 12.0. The molecule has 0 saturated carbocycles. The minimum absolute atomic E-state index is 0.0401. The first-order valence-electron chi connectivity index (χ1n) is 8.17. The highest BCUT2D eigenvalue weighted by molar-refractivity contribution is 5.74. The Labute approximate surface area is 134 Å². The van der Waals surface area contributed by atoms with E-state index in [-0.39, 0.29) is 6.61 Å². The normalized spacial score (nSPS) is 19.4. The molecule has 0 aliphatic carbocycles. The molecule has 5 heteroatoms. The first-order chi connectivity index (χ1) is 11.3. The molecule has 5 nitrogen and oxygen atoms in total. The van der Waals surface area contributed by atoms with Crippen molar-refractivity contribution in [3.63, 3.8) is 0 Å². The lowest BCUT2D eigenvalue weighted by Crippen LogP contribution is -2.34. The van der Waals surface area contributed by atoms with Crippen LogP contribution in [0.4, 0.5) is 0 Å². The van der Waals surface area contributed by atoms with Gasteiger partial charge >= 0.3 is 0 Å². The third kappa shape index (κ3) is 3.02. The number of hydrogen-bond donors (Lipinski definition) is 2. The van der Waals surface area contributed by atoms with Crippen LogP contribution in [0.5, 0.6) is 0 Å². The molecule has 0 amide bonds. The van der Waals surface area contributed by atoms with Gasteiger partial charge in [-0.25, -0.2) is 4.98 Å². The van der Waals surface area contributed by atoms with Crippen molar-refractivity contribution >= 4 is 11.0 Å². The van der Waals surface area contributed by atoms with Crippen LogP contribution in [0.3, 0.4) is 0 Å². The summed E-state index contributed by atoms with van der Waals surface area (Å²) in [6.45, 7) is 2.80. The third-order valence-corrected chi connectivity index (χ3v) is 4.55. The molecule has 3 aromatic rings. The van der Waals surface area contributed by atoms with Gasteiger partial charge in [0.05, 0.1) is 17.6 Å². The molecule has 0 bridgehead atoms. The van der Waals surface area contributed by atoms with E-state index in [9.17, 15) is 0 Å². The van der Waals surface area contributed by atoms with Crippen molar-refractivity contribution < 1.29 is 9.52 Å². The van der Waals surface area contributed by atoms with Crippen molar-refractivity contribution in [1.29, 1.82) is 0 Å². The topological polar surface area (TPSA) is 65.3 Å². The Kier molecular flexibility index (Phi) is 3.89. The number of nitrogens with zero attached hydrogens (tertiary/aromatic N) is 2. The Morgan fingerprint density at radius 1 is 1.22 bits per heavy atom. The number of imidazole rings is 1. The van der Waals surface area contributed by atoms with E-state index in [0.29, 0.717) is 11.7 Å². The maximum absolute atomic E-state index is 9.10. The molecule has 1 aromatic carbocycles. The molecule has 120 valence electrons. The number of aliphatic hydroxyl groups is 1. The summed E-state index contributed by atoms with van der Waals surface area (Å²) in [7, 11) is 0. The number of piperidine rings is 1. The first-order valence-corrected chi connectivity index (χ1v) is 8.17. The van der Waals surface area contributed by atoms with Crippen LogP contribution < -0.4 is 0 Å². The lowest BCUT2D eigenvalue weighted by Gasteiger charge is -2.31. The molecule has 23 heavy (non-hydrogen) atoms. The Morgan fingerprint density at radius 2 is 2.09 bits per heavy atom. The average Bonchev–Trinajstić information content (AvgIpc) is 3.21. The monoisotopic (exact) mass is 311 g/mol. The molecule has 1 aliphatic rings. The lowest BCUT2D eigenvalue weighted by atomic mass is 9.97. The van der Waals surface area contributed by atoms with Crippen molar-refractivity contribution in [3.8, 4) is 0 Å². The van der Waals surface area contributed by atoms with Crippen LogP contribution >= 0.6 is 0 Å². The zero-order valence-corrected chi connectivity index (χ0v) is 13.0. The van der Waals surface area contributed by atoms with E-state index in [1.807, 2.05) is 24.3 Å². The summed E-state index contributed by atoms with van der Waals surface area (Å²) >= 11 is 0. The summed E-state index contributed by atoms with van der Waals surface area (Å²) in [5.74, 6) is 3.07. The SMILES string of the molecule is OCc1ccc(CN2CCC[C@H](c3nc4ccccc4[nH]3)C2)o1. The van der Waals surface area contributed by atoms with Crippen LogP contribution in [0.1, 0.15) is 36.1 Å². The fraction of sp³-hybridized carbons (Fsp3) is 0.389. The fourth-order valence-corrected chi connectivity index (χ4v) is 3.40. The van der Waals surface area contributed by atoms with Gasteiger partial charge in [0.2, 0.25) is 0 Å². The maximum Gasteiger partial charge on any atom is 0.129 e. The summed E-state index contributed by atoms with van der Waals surface area (Å²) in [6.07, 6.45) is 2.33. The highest BCUT2D eigenvalue weighted by atomic mass is 16.4. The van der Waals surface area contributed by atoms with Gasteiger partial charge in [0.1, 0.15) is 24.0 Å². The number of likely N-dealkylation sites (tertiary alicyclic amines) is 1. The number of aliphatic hydroxyl groups excluding tert-OH is 1. The molecule has 4 rings (SSSR count). The van der Waals surface area contributed by atoms with E-state index in [4.69, 9.17) is 14.5 Å². The number of nitrogens with one attached hydrogen (secondary N) is 1. The number of furan rings is 1. The van der Waals surface area contributed by atoms with Crippen LogP contribution in [0.25, 0.3) is 11.0 Å². The highest BCUT2D eigenvalue weighted by Crippen LogP contribution is 2.27. The number of benzene rings is 1. The quantitative estimate of drug-likeness (QED) is 0.777. The van der Waals surface area contributed by atoms with Crippen molar-refractivity contribution in [2.45, 2.75) is 31.9 Å². The average molecular weight is 311 g/mol. The van der Waals surface area contributed by atoms with E-state index < -0.39 is 0 Å². The van der Waals surface area contributed by atoms with Gasteiger partial charge < -0.3 is 14.5 Å². The van der Waals surface area contributed by atoms with Gasteiger partial charge in [-0.15, -0.1) is 0 Å². The van der Waals surface area contributed by atoms with E-state index in [2.05, 4.69) is 22.0 Å². The second kappa shape index (κ2) is 6.18. The Morgan fingerprint density at radius 3 is 2.91 bits per heavy atom. The molecule has 2 aromatic heterocycles. The number of aromatic amines is 1. The van der Waals surface area contributed by atoms with E-state index in [1.165, 1.54) is 0 Å². The number of para-hydroxylation sites is 2. The molecule has 1 fully saturated rings. The van der Waals surface area contributed by atoms with Gasteiger partial charge in [-0.1, -0.05) is 12.1 Å². The second-order valence-electron chi connectivity index (χ2n) is 6.24. The predicted octanol–water partition coefficient (Wildman–Crippen LogP) is 3.03. The number of H-pyrrole nitrogens is 1. The van der Waals surface area contributed by atoms with Gasteiger partial charge in [0.25, 0.3) is 0 Å². The van der Waals surface area contributed by atoms with Crippen LogP contribution in [0, 0.1) is 0 Å². The van der Waals surface area contributed by atoms with Crippen molar-refractivity contribution in [3.05, 3.63) is 53.7 Å². The molecule has 1 aliphatic heterocycles. The lowest BCUT2D eigenvalue weighted by molar-refractivity contribution is 0.178. The smallest absolute Gasteiger partial charge is 0.129 e. The van der Waals surface area contributed by atoms with Crippen LogP contribution in [0.15, 0.2) is 40.8 Å². The number of hydrogen-bond acceptors (Lipinski definition) is 4. The third-order valence-electron chi connectivity index (χ3n) is 4.55. The van der Waals surface area contributed by atoms with Gasteiger partial charge in [-0.2, -0.15) is 0 Å². The maximum atomic E-state index is 9.10. The van der Waals surface area contributed by atoms with Crippen LogP contribution in [-0.4, -0.2) is 33.1 Å². The number of rotatable bonds is 4. The molecule has 1 saturated heterocycles. The minimum atomic E-state index is -0.0401. The minimum Gasteiger partial charge on any atom is -0.462 e. The standard InChI is InChI=1S/C18H21N3O2/c22-12-15-8-7-14(23-15)11-21-9-3-4-13(10-21)18-19-16-5-1-2-6-17(16)20-18/h1-2,5-8,13,22H,3-4,9-12H2,(H,19,20)/t13-/m0/s1. The number of aromatic nitrogens is 2. The molecule has 2 N–H and O–H groups in total.